The first kappa shape index (κ1) is 26.8. The van der Waals surface area contributed by atoms with Gasteiger partial charge in [-0.2, -0.15) is 0 Å². The second-order valence-corrected chi connectivity index (χ2v) is 10.9. The van der Waals surface area contributed by atoms with Gasteiger partial charge >= 0.3 is 0 Å². The fraction of sp³-hybridized carbons (Fsp3) is 0.692. The maximum absolute atomic E-state index is 12.2. The first-order valence-corrected chi connectivity index (χ1v) is 12.0. The van der Waals surface area contributed by atoms with Gasteiger partial charge in [-0.25, -0.2) is 0 Å². The van der Waals surface area contributed by atoms with Crippen LogP contribution in [0, 0.1) is 17.8 Å². The van der Waals surface area contributed by atoms with Gasteiger partial charge in [0.05, 0.1) is 11.3 Å². The van der Waals surface area contributed by atoms with Crippen molar-refractivity contribution in [2.45, 2.75) is 105 Å². The minimum absolute atomic E-state index is 0.0557. The van der Waals surface area contributed by atoms with E-state index in [2.05, 4.69) is 38.0 Å². The first-order chi connectivity index (χ1) is 15.5. The van der Waals surface area contributed by atoms with Gasteiger partial charge < -0.3 is 14.2 Å². The summed E-state index contributed by atoms with van der Waals surface area (Å²) in [5.74, 6) is 0.406. The number of aryl methyl sites for hydroxylation is 1. The predicted octanol–water partition coefficient (Wildman–Crippen LogP) is 6.16. The molecule has 33 heavy (non-hydrogen) atoms. The normalized spacial score (nSPS) is 12.3. The topological polar surface area (TPSA) is 106 Å². The van der Waals surface area contributed by atoms with E-state index in [4.69, 9.17) is 9.05 Å². The molecule has 2 heterocycles. The predicted molar refractivity (Wildman–Crippen MR) is 126 cm³/mol. The molecule has 0 radical (unpaired) electrons. The molecule has 2 aromatic rings. The van der Waals surface area contributed by atoms with Gasteiger partial charge in [0.25, 0.3) is 5.88 Å². The number of carbonyl (C=O) groups is 2. The highest BCUT2D eigenvalue weighted by Gasteiger charge is 2.23. The van der Waals surface area contributed by atoms with E-state index >= 15 is 0 Å². The summed E-state index contributed by atoms with van der Waals surface area (Å²) in [6.07, 6.45) is 10.9. The van der Waals surface area contributed by atoms with Gasteiger partial charge in [0.1, 0.15) is 24.1 Å². The Balaban J connectivity index is 1.56. The number of aromatic hydroxyl groups is 1. The molecule has 0 bridgehead atoms. The number of aromatic nitrogens is 2. The van der Waals surface area contributed by atoms with Gasteiger partial charge in [0, 0.05) is 31.2 Å². The lowest BCUT2D eigenvalue weighted by molar-refractivity contribution is -0.120. The summed E-state index contributed by atoms with van der Waals surface area (Å²) in [6.45, 7) is 10.6. The smallest absolute Gasteiger partial charge is 0.254 e. The van der Waals surface area contributed by atoms with Gasteiger partial charge in [-0.3, -0.25) is 9.59 Å². The summed E-state index contributed by atoms with van der Waals surface area (Å²) in [5, 5.41) is 17.1. The van der Waals surface area contributed by atoms with Crippen LogP contribution in [0.15, 0.2) is 21.6 Å². The van der Waals surface area contributed by atoms with Crippen molar-refractivity contribution < 1.29 is 23.7 Å². The molecule has 0 saturated heterocycles. The van der Waals surface area contributed by atoms with Crippen molar-refractivity contribution in [3.05, 3.63) is 29.3 Å². The highest BCUT2D eigenvalue weighted by Crippen LogP contribution is 2.31. The van der Waals surface area contributed by atoms with Crippen molar-refractivity contribution in [2.24, 2.45) is 10.8 Å². The Morgan fingerprint density at radius 1 is 0.788 bits per heavy atom. The molecule has 0 aliphatic carbocycles. The molecule has 2 rings (SSSR count). The largest absolute Gasteiger partial charge is 0.491 e. The minimum atomic E-state index is -0.0576. The highest BCUT2D eigenvalue weighted by molar-refractivity contribution is 5.81. The number of hydrogen-bond donors (Lipinski definition) is 1. The molecule has 0 atom stereocenters. The fourth-order valence-corrected chi connectivity index (χ4v) is 4.32. The Hall–Kier alpha value is -2.44. The van der Waals surface area contributed by atoms with Crippen LogP contribution in [0.3, 0.4) is 0 Å². The molecule has 1 N–H and O–H groups in total. The molecule has 7 nitrogen and oxygen atoms in total. The van der Waals surface area contributed by atoms with Crippen LogP contribution in [0.4, 0.5) is 0 Å². The molecule has 0 aliphatic rings. The Morgan fingerprint density at radius 3 is 1.70 bits per heavy atom. The maximum Gasteiger partial charge on any atom is 0.254 e. The van der Waals surface area contributed by atoms with Gasteiger partial charge in [0.15, 0.2) is 0 Å². The molecule has 0 aliphatic heterocycles. The standard InChI is InChI=1S/C26H40N2O5/c1-19-20(17-32-27-19)15-25(2,3)13-7-11-22(29)9-6-10-23(30)12-8-14-26(4,5)16-21-18-33-28-24(21)31/h17-18H,6-16H2,1-5H3,(H,28,31). The summed E-state index contributed by atoms with van der Waals surface area (Å²) in [4.78, 5) is 24.5. The van der Waals surface area contributed by atoms with Crippen molar-refractivity contribution in [2.75, 3.05) is 0 Å². The second kappa shape index (κ2) is 12.1. The van der Waals surface area contributed by atoms with Gasteiger partial charge in [-0.05, 0) is 67.9 Å². The molecule has 0 fully saturated rings. The number of Topliss-reactive ketones (excluding diaryl/α,β-unsaturated/α-hetero) is 2. The molecule has 184 valence electrons. The Labute approximate surface area is 197 Å². The molecule has 0 unspecified atom stereocenters. The monoisotopic (exact) mass is 460 g/mol. The van der Waals surface area contributed by atoms with Crippen molar-refractivity contribution in [1.82, 2.24) is 10.3 Å². The Bertz CT molecular complexity index is 822. The zero-order valence-electron chi connectivity index (χ0n) is 20.9. The lowest BCUT2D eigenvalue weighted by Gasteiger charge is -2.24. The van der Waals surface area contributed by atoms with Crippen LogP contribution in [0.1, 0.15) is 102 Å². The molecule has 0 aromatic carbocycles. The van der Waals surface area contributed by atoms with Crippen LogP contribution in [0.2, 0.25) is 0 Å². The number of nitrogens with zero attached hydrogens (tertiary/aromatic N) is 2. The third-order valence-electron chi connectivity index (χ3n) is 6.34. The minimum Gasteiger partial charge on any atom is -0.491 e. The second-order valence-electron chi connectivity index (χ2n) is 10.9. The first-order valence-electron chi connectivity index (χ1n) is 12.0. The number of hydrogen-bond acceptors (Lipinski definition) is 7. The van der Waals surface area contributed by atoms with E-state index < -0.39 is 0 Å². The van der Waals surface area contributed by atoms with E-state index in [1.165, 1.54) is 6.26 Å². The van der Waals surface area contributed by atoms with Crippen LogP contribution < -0.4 is 0 Å². The molecule has 2 aromatic heterocycles. The van der Waals surface area contributed by atoms with Crippen molar-refractivity contribution >= 4 is 11.6 Å². The lowest BCUT2D eigenvalue weighted by Crippen LogP contribution is -2.16. The molecule has 0 amide bonds. The number of carbonyl (C=O) groups excluding carboxylic acids is 2. The molecular weight excluding hydrogens is 420 g/mol. The fourth-order valence-electron chi connectivity index (χ4n) is 4.32. The van der Waals surface area contributed by atoms with Crippen molar-refractivity contribution in [1.29, 1.82) is 0 Å². The highest BCUT2D eigenvalue weighted by atomic mass is 16.5. The molecule has 7 heteroatoms. The van der Waals surface area contributed by atoms with E-state index in [1.807, 2.05) is 6.92 Å². The van der Waals surface area contributed by atoms with Crippen LogP contribution in [0.25, 0.3) is 0 Å². The maximum atomic E-state index is 12.2. The summed E-state index contributed by atoms with van der Waals surface area (Å²) < 4.78 is 9.79. The van der Waals surface area contributed by atoms with E-state index in [9.17, 15) is 14.7 Å². The van der Waals surface area contributed by atoms with Crippen molar-refractivity contribution in [3.8, 4) is 5.88 Å². The third kappa shape index (κ3) is 9.93. The van der Waals surface area contributed by atoms with Gasteiger partial charge in [0.2, 0.25) is 0 Å². The average Bonchev–Trinajstić information content (AvgIpc) is 3.28. The molecular formula is C26H40N2O5. The van der Waals surface area contributed by atoms with Crippen LogP contribution in [0.5, 0.6) is 5.88 Å². The van der Waals surface area contributed by atoms with Crippen LogP contribution >= 0.6 is 0 Å². The summed E-state index contributed by atoms with van der Waals surface area (Å²) in [5.41, 5.74) is 2.79. The lowest BCUT2D eigenvalue weighted by atomic mass is 9.81. The summed E-state index contributed by atoms with van der Waals surface area (Å²) >= 11 is 0. The molecule has 0 spiro atoms. The SMILES string of the molecule is Cc1nocc1CC(C)(C)CCCC(=O)CCCC(=O)CCCC(C)(C)Cc1conc1O. The van der Waals surface area contributed by atoms with E-state index in [0.717, 1.165) is 43.4 Å². The summed E-state index contributed by atoms with van der Waals surface area (Å²) in [6, 6.07) is 0. The Morgan fingerprint density at radius 2 is 1.24 bits per heavy atom. The van der Waals surface area contributed by atoms with Gasteiger partial charge in [-0.1, -0.05) is 32.9 Å². The zero-order valence-corrected chi connectivity index (χ0v) is 20.9. The molecule has 0 saturated carbocycles. The third-order valence-corrected chi connectivity index (χ3v) is 6.34. The van der Waals surface area contributed by atoms with E-state index in [0.29, 0.717) is 44.1 Å². The number of ketones is 2. The zero-order chi connectivity index (χ0) is 24.5. The quantitative estimate of drug-likeness (QED) is 0.319. The average molecular weight is 461 g/mol. The van der Waals surface area contributed by atoms with Gasteiger partial charge in [-0.15, -0.1) is 0 Å². The summed E-state index contributed by atoms with van der Waals surface area (Å²) in [7, 11) is 0. The number of rotatable bonds is 16. The van der Waals surface area contributed by atoms with E-state index in [-0.39, 0.29) is 28.3 Å². The van der Waals surface area contributed by atoms with Crippen LogP contribution in [-0.4, -0.2) is 27.0 Å². The Kier molecular flexibility index (Phi) is 9.87. The van der Waals surface area contributed by atoms with E-state index in [1.54, 1.807) is 6.26 Å². The van der Waals surface area contributed by atoms with Crippen LogP contribution in [-0.2, 0) is 22.4 Å². The van der Waals surface area contributed by atoms with Crippen molar-refractivity contribution in [3.63, 3.8) is 0 Å².